The minimum Gasteiger partial charge on any atom is -0.493 e. The number of carbonyl (C=O) groups is 5. The Kier molecular flexibility index (Phi) is 12.4. The number of aromatic nitrogens is 2. The molecule has 0 spiro atoms. The van der Waals surface area contributed by atoms with Crippen LogP contribution in [0.1, 0.15) is 57.0 Å². The maximum atomic E-state index is 13.7. The lowest BCUT2D eigenvalue weighted by Crippen LogP contribution is -2.50. The maximum Gasteiger partial charge on any atom is 0.416 e. The number of rotatable bonds is 15. The lowest BCUT2D eigenvalue weighted by atomic mass is 10.1. The number of anilines is 3. The monoisotopic (exact) mass is 747 g/mol. The highest BCUT2D eigenvalue weighted by atomic mass is 16.6. The Morgan fingerprint density at radius 1 is 0.981 bits per heavy atom. The molecule has 2 aliphatic rings. The quantitative estimate of drug-likeness (QED) is 0.114. The molecule has 5 amide bonds. The predicted octanol–water partition coefficient (Wildman–Crippen LogP) is 2.77. The fourth-order valence-corrected chi connectivity index (χ4v) is 6.31. The van der Waals surface area contributed by atoms with Crippen LogP contribution in [0.25, 0.3) is 0 Å². The number of fused-ring (bicyclic) bond motifs is 2. The second-order valence-electron chi connectivity index (χ2n) is 12.9. The summed E-state index contributed by atoms with van der Waals surface area (Å²) in [6.07, 6.45) is 3.31. The highest BCUT2D eigenvalue weighted by molar-refractivity contribution is 6.07. The van der Waals surface area contributed by atoms with E-state index >= 15 is 0 Å². The van der Waals surface area contributed by atoms with Gasteiger partial charge in [0, 0.05) is 58.7 Å². The zero-order chi connectivity index (χ0) is 39.1. The third-order valence-electron chi connectivity index (χ3n) is 8.90. The predicted molar refractivity (Wildman–Crippen MR) is 198 cm³/mol. The van der Waals surface area contributed by atoms with E-state index in [2.05, 4.69) is 29.1 Å². The van der Waals surface area contributed by atoms with Gasteiger partial charge in [-0.25, -0.2) is 9.69 Å². The van der Waals surface area contributed by atoms with Crippen LogP contribution in [0.4, 0.5) is 21.9 Å². The molecule has 2 aliphatic heterocycles. The second-order valence-corrected chi connectivity index (χ2v) is 12.9. The van der Waals surface area contributed by atoms with Gasteiger partial charge in [-0.15, -0.1) is 0 Å². The number of methoxy groups -OCH3 is 1. The van der Waals surface area contributed by atoms with Gasteiger partial charge in [-0.05, 0) is 37.5 Å². The van der Waals surface area contributed by atoms with Crippen LogP contribution in [0.2, 0.25) is 0 Å². The van der Waals surface area contributed by atoms with Crippen molar-refractivity contribution in [2.75, 3.05) is 55.6 Å². The first kappa shape index (κ1) is 39.1. The van der Waals surface area contributed by atoms with Crippen molar-refractivity contribution in [1.29, 1.82) is 0 Å². The summed E-state index contributed by atoms with van der Waals surface area (Å²) in [6.45, 7) is 7.95. The summed E-state index contributed by atoms with van der Waals surface area (Å²) in [6, 6.07) is 5.21. The lowest BCUT2D eigenvalue weighted by molar-refractivity contribution is -0.116. The van der Waals surface area contributed by atoms with Gasteiger partial charge in [-0.2, -0.15) is 0 Å². The molecule has 0 aliphatic carbocycles. The zero-order valence-electron chi connectivity index (χ0n) is 30.4. The molecule has 0 saturated carbocycles. The van der Waals surface area contributed by atoms with Crippen LogP contribution in [0.5, 0.6) is 11.5 Å². The van der Waals surface area contributed by atoms with Crippen molar-refractivity contribution in [2.24, 2.45) is 14.1 Å². The molecule has 2 atom stereocenters. The number of ether oxygens (including phenoxy) is 3. The minimum atomic E-state index is -1.44. The number of aliphatic hydroxyl groups excluding tert-OH is 2. The smallest absolute Gasteiger partial charge is 0.416 e. The molecule has 2 aromatic heterocycles. The van der Waals surface area contributed by atoms with E-state index in [1.165, 1.54) is 36.3 Å². The minimum absolute atomic E-state index is 0.0410. The number of nitrogens with zero attached hydrogens (tertiary/aromatic N) is 4. The van der Waals surface area contributed by atoms with Gasteiger partial charge in [0.15, 0.2) is 17.7 Å². The van der Waals surface area contributed by atoms with Crippen LogP contribution in [0.3, 0.4) is 0 Å². The highest BCUT2D eigenvalue weighted by Gasteiger charge is 2.46. The molecular weight excluding hydrogens is 702 g/mol. The molecule has 5 rings (SSSR count). The topological polar surface area (TPSA) is 206 Å². The SMILES string of the molecule is C=CCOC(=O)N1c2cc(OCCCC(=O)Nc3cc(C(=O)Nc4cc(C(=O)NCCCO)n(C)c4)n(C)c3)c(OC)cc2C(=O)N2CC(=C)C[C@H]2C1O. The molecular formula is C37H45N7O10. The molecule has 1 unspecified atom stereocenters. The van der Waals surface area contributed by atoms with Crippen molar-refractivity contribution in [3.8, 4) is 11.5 Å². The molecule has 17 heteroatoms. The summed E-state index contributed by atoms with van der Waals surface area (Å²) in [7, 11) is 4.74. The van der Waals surface area contributed by atoms with Gasteiger partial charge in [0.05, 0.1) is 42.4 Å². The number of hydrogen-bond donors (Lipinski definition) is 5. The van der Waals surface area contributed by atoms with Crippen molar-refractivity contribution in [1.82, 2.24) is 19.4 Å². The third-order valence-corrected chi connectivity index (χ3v) is 8.90. The van der Waals surface area contributed by atoms with E-state index in [0.717, 1.165) is 10.5 Å². The fourth-order valence-electron chi connectivity index (χ4n) is 6.31. The van der Waals surface area contributed by atoms with Crippen molar-refractivity contribution in [3.63, 3.8) is 0 Å². The van der Waals surface area contributed by atoms with E-state index in [0.29, 0.717) is 36.5 Å². The average Bonchev–Trinajstić information content (AvgIpc) is 3.82. The summed E-state index contributed by atoms with van der Waals surface area (Å²) in [4.78, 5) is 67.7. The van der Waals surface area contributed by atoms with Crippen LogP contribution in [-0.4, -0.2) is 106 Å². The molecule has 54 heavy (non-hydrogen) atoms. The van der Waals surface area contributed by atoms with Crippen molar-refractivity contribution in [3.05, 3.63) is 78.4 Å². The summed E-state index contributed by atoms with van der Waals surface area (Å²) in [5, 5.41) is 28.5. The zero-order valence-corrected chi connectivity index (χ0v) is 30.4. The largest absolute Gasteiger partial charge is 0.493 e. The van der Waals surface area contributed by atoms with E-state index in [9.17, 15) is 29.1 Å². The number of amides is 5. The molecule has 17 nitrogen and oxygen atoms in total. The van der Waals surface area contributed by atoms with Crippen LogP contribution >= 0.6 is 0 Å². The van der Waals surface area contributed by atoms with Gasteiger partial charge in [-0.3, -0.25) is 19.2 Å². The van der Waals surface area contributed by atoms with Gasteiger partial charge >= 0.3 is 6.09 Å². The Labute approximate surface area is 311 Å². The van der Waals surface area contributed by atoms with E-state index in [-0.39, 0.29) is 79.5 Å². The van der Waals surface area contributed by atoms with Gasteiger partial charge in [0.25, 0.3) is 17.7 Å². The molecule has 1 saturated heterocycles. The first-order chi connectivity index (χ1) is 25.9. The standard InChI is InChI=1S/C37H45N7O10/c1-6-12-54-37(51)44-26-18-31(30(52-5)17-25(26)35(49)43-19-22(2)14-29(43)36(44)50)53-13-7-9-32(46)39-23-15-28(42(4)20-23)34(48)40-24-16-27(41(3)21-24)33(47)38-10-8-11-45/h6,15-18,20-21,29,36,45,50H,1-2,7-14,19H2,3-5H3,(H,38,47)(H,39,46)(H,40,48)/t29-,36?/m0/s1. The number of nitrogens with one attached hydrogen (secondary N) is 3. The van der Waals surface area contributed by atoms with Crippen LogP contribution in [-0.2, 0) is 23.6 Å². The molecule has 0 bridgehead atoms. The first-order valence-electron chi connectivity index (χ1n) is 17.3. The first-order valence-corrected chi connectivity index (χ1v) is 17.3. The molecule has 1 aromatic carbocycles. The average molecular weight is 748 g/mol. The lowest BCUT2D eigenvalue weighted by Gasteiger charge is -2.31. The van der Waals surface area contributed by atoms with Crippen LogP contribution < -0.4 is 30.3 Å². The Hall–Kier alpha value is -6.07. The Morgan fingerprint density at radius 3 is 2.33 bits per heavy atom. The molecule has 4 heterocycles. The number of benzene rings is 1. The summed E-state index contributed by atoms with van der Waals surface area (Å²) < 4.78 is 19.9. The number of carbonyl (C=O) groups excluding carboxylic acids is 5. The Morgan fingerprint density at radius 2 is 1.67 bits per heavy atom. The van der Waals surface area contributed by atoms with Gasteiger partial charge < -0.3 is 54.4 Å². The third kappa shape index (κ3) is 8.58. The molecule has 1 fully saturated rings. The summed E-state index contributed by atoms with van der Waals surface area (Å²) >= 11 is 0. The van der Waals surface area contributed by atoms with Gasteiger partial charge in [-0.1, -0.05) is 24.8 Å². The van der Waals surface area contributed by atoms with E-state index < -0.39 is 30.2 Å². The highest BCUT2D eigenvalue weighted by Crippen LogP contribution is 2.42. The molecule has 288 valence electrons. The normalized spacial score (nSPS) is 16.2. The van der Waals surface area contributed by atoms with Crippen molar-refractivity contribution < 1.29 is 48.4 Å². The van der Waals surface area contributed by atoms with Gasteiger partial charge in [0.1, 0.15) is 18.0 Å². The number of hydrogen-bond acceptors (Lipinski definition) is 10. The number of aryl methyl sites for hydroxylation is 2. The number of aliphatic hydroxyl groups is 2. The summed E-state index contributed by atoms with van der Waals surface area (Å²) in [5.41, 5.74) is 2.31. The van der Waals surface area contributed by atoms with Crippen LogP contribution in [0.15, 0.2) is 61.5 Å². The van der Waals surface area contributed by atoms with Crippen LogP contribution in [0, 0.1) is 0 Å². The fraction of sp³-hybridized carbons (Fsp3) is 0.378. The molecule has 5 N–H and O–H groups in total. The van der Waals surface area contributed by atoms with E-state index in [1.807, 2.05) is 0 Å². The Balaban J connectivity index is 1.20. The second kappa shape index (κ2) is 17.2. The van der Waals surface area contributed by atoms with E-state index in [1.54, 1.807) is 41.7 Å². The van der Waals surface area contributed by atoms with Crippen molar-refractivity contribution in [2.45, 2.75) is 38.0 Å². The van der Waals surface area contributed by atoms with E-state index in [4.69, 9.17) is 19.3 Å². The maximum absolute atomic E-state index is 13.7. The summed E-state index contributed by atoms with van der Waals surface area (Å²) in [5.74, 6) is -1.16. The van der Waals surface area contributed by atoms with Crippen molar-refractivity contribution >= 4 is 46.8 Å². The van der Waals surface area contributed by atoms with Gasteiger partial charge in [0.2, 0.25) is 5.91 Å². The molecule has 0 radical (unpaired) electrons. The molecule has 3 aromatic rings. The Bertz CT molecular complexity index is 1950.